The van der Waals surface area contributed by atoms with Crippen LogP contribution in [0.4, 0.5) is 24.7 Å². The number of aromatic hydroxyl groups is 1. The lowest BCUT2D eigenvalue weighted by Crippen LogP contribution is -2.13. The largest absolute Gasteiger partial charge is 0.508 e. The van der Waals surface area contributed by atoms with Crippen molar-refractivity contribution in [3.63, 3.8) is 0 Å². The molecular formula is C21H21F3N4O. The van der Waals surface area contributed by atoms with Crippen molar-refractivity contribution in [3.8, 4) is 5.75 Å². The summed E-state index contributed by atoms with van der Waals surface area (Å²) in [7, 11) is 0. The molecule has 1 aliphatic carbocycles. The minimum absolute atomic E-state index is 0.0441. The second-order valence-corrected chi connectivity index (χ2v) is 7.47. The van der Waals surface area contributed by atoms with Crippen molar-refractivity contribution in [2.75, 3.05) is 11.1 Å². The Kier molecular flexibility index (Phi) is 4.52. The zero-order valence-electron chi connectivity index (χ0n) is 16.1. The summed E-state index contributed by atoms with van der Waals surface area (Å²) in [6, 6.07) is 4.65. The molecule has 4 N–H and O–H groups in total. The van der Waals surface area contributed by atoms with Crippen LogP contribution in [0.3, 0.4) is 0 Å². The molecule has 0 aliphatic heterocycles. The van der Waals surface area contributed by atoms with Crippen LogP contribution in [0, 0.1) is 6.92 Å². The standard InChI is InChI=1S/C21H21F3N4O/c1-10(12-6-13(21(22,23)24)8-14(25)7-12)26-20-17-9-18(29)15-4-3-5-16(15)19(17)27-11(2)28-20/h6-10,29H,3-5,25H2,1-2H3,(H,26,27,28)/t10-/m1/s1. The van der Waals surface area contributed by atoms with E-state index in [-0.39, 0.29) is 11.4 Å². The molecule has 152 valence electrons. The normalized spacial score (nSPS) is 14.8. The summed E-state index contributed by atoms with van der Waals surface area (Å²) in [5.74, 6) is 1.23. The number of alkyl halides is 3. The maximum Gasteiger partial charge on any atom is 0.416 e. The van der Waals surface area contributed by atoms with Crippen molar-refractivity contribution >= 4 is 22.4 Å². The molecular weight excluding hydrogens is 381 g/mol. The summed E-state index contributed by atoms with van der Waals surface area (Å²) >= 11 is 0. The molecule has 1 aliphatic rings. The van der Waals surface area contributed by atoms with Crippen molar-refractivity contribution in [3.05, 3.63) is 52.3 Å². The second-order valence-electron chi connectivity index (χ2n) is 7.47. The first-order valence-electron chi connectivity index (χ1n) is 9.39. The molecule has 1 aromatic heterocycles. The van der Waals surface area contributed by atoms with E-state index in [1.54, 1.807) is 19.9 Å². The van der Waals surface area contributed by atoms with Gasteiger partial charge in [-0.3, -0.25) is 0 Å². The molecule has 2 aromatic carbocycles. The summed E-state index contributed by atoms with van der Waals surface area (Å²) in [5, 5.41) is 14.2. The number of nitrogen functional groups attached to an aromatic ring is 1. The Morgan fingerprint density at radius 2 is 1.83 bits per heavy atom. The fourth-order valence-electron chi connectivity index (χ4n) is 3.95. The highest BCUT2D eigenvalue weighted by molar-refractivity contribution is 5.94. The van der Waals surface area contributed by atoms with E-state index in [1.807, 2.05) is 0 Å². The predicted octanol–water partition coefficient (Wildman–Crippen LogP) is 4.91. The molecule has 0 saturated carbocycles. The maximum atomic E-state index is 13.1. The molecule has 1 atom stereocenters. The Morgan fingerprint density at radius 1 is 1.10 bits per heavy atom. The van der Waals surface area contributed by atoms with Crippen LogP contribution in [0.25, 0.3) is 10.9 Å². The second kappa shape index (κ2) is 6.79. The summed E-state index contributed by atoms with van der Waals surface area (Å²) < 4.78 is 39.4. The molecule has 0 radical (unpaired) electrons. The van der Waals surface area contributed by atoms with E-state index in [0.717, 1.165) is 48.0 Å². The van der Waals surface area contributed by atoms with Gasteiger partial charge < -0.3 is 16.2 Å². The van der Waals surface area contributed by atoms with E-state index in [1.165, 1.54) is 6.07 Å². The Balaban J connectivity index is 1.77. The number of aryl methyl sites for hydroxylation is 2. The zero-order valence-corrected chi connectivity index (χ0v) is 16.1. The lowest BCUT2D eigenvalue weighted by atomic mass is 10.0. The summed E-state index contributed by atoms with van der Waals surface area (Å²) in [6.45, 7) is 3.51. The van der Waals surface area contributed by atoms with E-state index in [2.05, 4.69) is 15.3 Å². The highest BCUT2D eigenvalue weighted by Crippen LogP contribution is 2.39. The van der Waals surface area contributed by atoms with Gasteiger partial charge in [0, 0.05) is 11.1 Å². The van der Waals surface area contributed by atoms with Gasteiger partial charge in [0.25, 0.3) is 0 Å². The number of aromatic nitrogens is 2. The Hall–Kier alpha value is -3.03. The van der Waals surface area contributed by atoms with E-state index in [9.17, 15) is 18.3 Å². The van der Waals surface area contributed by atoms with E-state index in [0.29, 0.717) is 22.6 Å². The van der Waals surface area contributed by atoms with E-state index >= 15 is 0 Å². The summed E-state index contributed by atoms with van der Waals surface area (Å²) in [5.41, 5.74) is 8.06. The first kappa shape index (κ1) is 19.3. The lowest BCUT2D eigenvalue weighted by Gasteiger charge is -2.19. The molecule has 5 nitrogen and oxygen atoms in total. The van der Waals surface area contributed by atoms with Crippen LogP contribution < -0.4 is 11.1 Å². The lowest BCUT2D eigenvalue weighted by molar-refractivity contribution is -0.137. The number of fused-ring (bicyclic) bond motifs is 3. The molecule has 0 amide bonds. The van der Waals surface area contributed by atoms with Gasteiger partial charge in [-0.15, -0.1) is 0 Å². The Morgan fingerprint density at radius 3 is 2.55 bits per heavy atom. The zero-order chi connectivity index (χ0) is 20.9. The average Bonchev–Trinajstić information content (AvgIpc) is 3.12. The average molecular weight is 402 g/mol. The number of hydrogen-bond acceptors (Lipinski definition) is 5. The minimum Gasteiger partial charge on any atom is -0.508 e. The van der Waals surface area contributed by atoms with Gasteiger partial charge >= 0.3 is 6.18 Å². The highest BCUT2D eigenvalue weighted by atomic mass is 19.4. The van der Waals surface area contributed by atoms with Gasteiger partial charge in [0.15, 0.2) is 0 Å². The van der Waals surface area contributed by atoms with E-state index in [4.69, 9.17) is 5.73 Å². The smallest absolute Gasteiger partial charge is 0.416 e. The summed E-state index contributed by atoms with van der Waals surface area (Å²) in [6.07, 6.45) is -1.89. The first-order chi connectivity index (χ1) is 13.6. The number of nitrogens with zero attached hydrogens (tertiary/aromatic N) is 2. The molecule has 0 bridgehead atoms. The quantitative estimate of drug-likeness (QED) is 0.543. The molecule has 29 heavy (non-hydrogen) atoms. The highest BCUT2D eigenvalue weighted by Gasteiger charge is 2.31. The number of nitrogens with one attached hydrogen (secondary N) is 1. The number of benzene rings is 2. The summed E-state index contributed by atoms with van der Waals surface area (Å²) in [4.78, 5) is 9.00. The van der Waals surface area contributed by atoms with Gasteiger partial charge in [-0.25, -0.2) is 9.97 Å². The van der Waals surface area contributed by atoms with E-state index < -0.39 is 17.8 Å². The van der Waals surface area contributed by atoms with Crippen LogP contribution in [0.1, 0.15) is 47.5 Å². The van der Waals surface area contributed by atoms with Crippen molar-refractivity contribution in [1.29, 1.82) is 0 Å². The van der Waals surface area contributed by atoms with Gasteiger partial charge in [0.1, 0.15) is 17.4 Å². The number of hydrogen-bond donors (Lipinski definition) is 3. The monoisotopic (exact) mass is 402 g/mol. The van der Waals surface area contributed by atoms with Gasteiger partial charge in [0.2, 0.25) is 0 Å². The minimum atomic E-state index is -4.48. The molecule has 0 fully saturated rings. The molecule has 0 saturated heterocycles. The number of halogens is 3. The molecule has 8 heteroatoms. The first-order valence-corrected chi connectivity index (χ1v) is 9.39. The SMILES string of the molecule is Cc1nc(N[C@H](C)c2cc(N)cc(C(F)(F)F)c2)c2cc(O)c3c(c2n1)CCC3. The van der Waals surface area contributed by atoms with Crippen LogP contribution in [0.2, 0.25) is 0 Å². The van der Waals surface area contributed by atoms with Gasteiger partial charge in [-0.2, -0.15) is 13.2 Å². The van der Waals surface area contributed by atoms with Crippen LogP contribution in [0.15, 0.2) is 24.3 Å². The fourth-order valence-corrected chi connectivity index (χ4v) is 3.95. The van der Waals surface area contributed by atoms with Crippen molar-refractivity contribution in [2.45, 2.75) is 45.3 Å². The Bertz CT molecular complexity index is 1110. The van der Waals surface area contributed by atoms with Crippen LogP contribution >= 0.6 is 0 Å². The van der Waals surface area contributed by atoms with Crippen molar-refractivity contribution in [2.24, 2.45) is 0 Å². The van der Waals surface area contributed by atoms with Crippen LogP contribution in [-0.2, 0) is 19.0 Å². The number of phenolic OH excluding ortho intramolecular Hbond substituents is 1. The third kappa shape index (κ3) is 3.54. The number of nitrogens with two attached hydrogens (primary N) is 1. The third-order valence-corrected chi connectivity index (χ3v) is 5.31. The molecule has 1 heterocycles. The van der Waals surface area contributed by atoms with Gasteiger partial charge in [-0.1, -0.05) is 0 Å². The predicted molar refractivity (Wildman–Crippen MR) is 106 cm³/mol. The number of rotatable bonds is 3. The number of phenols is 1. The topological polar surface area (TPSA) is 84.1 Å². The maximum absolute atomic E-state index is 13.1. The Labute approximate surface area is 165 Å². The number of anilines is 2. The molecule has 4 rings (SSSR count). The van der Waals surface area contributed by atoms with Crippen molar-refractivity contribution in [1.82, 2.24) is 9.97 Å². The fraction of sp³-hybridized carbons (Fsp3) is 0.333. The van der Waals surface area contributed by atoms with Gasteiger partial charge in [0.05, 0.1) is 17.1 Å². The van der Waals surface area contributed by atoms with Crippen molar-refractivity contribution < 1.29 is 18.3 Å². The van der Waals surface area contributed by atoms with Crippen LogP contribution in [0.5, 0.6) is 5.75 Å². The third-order valence-electron chi connectivity index (χ3n) is 5.31. The molecule has 3 aromatic rings. The molecule has 0 spiro atoms. The molecule has 0 unspecified atom stereocenters. The van der Waals surface area contributed by atoms with Crippen LogP contribution in [-0.4, -0.2) is 15.1 Å². The van der Waals surface area contributed by atoms with Gasteiger partial charge in [-0.05, 0) is 74.1 Å².